The number of hydrogen-bond acceptors (Lipinski definition) is 6. The van der Waals surface area contributed by atoms with Crippen LogP contribution < -0.4 is 10.6 Å². The van der Waals surface area contributed by atoms with Crippen LogP contribution in [0.1, 0.15) is 28.6 Å². The summed E-state index contributed by atoms with van der Waals surface area (Å²) in [4.78, 5) is 24.5. The lowest BCUT2D eigenvalue weighted by Crippen LogP contribution is -2.30. The number of amides is 1. The summed E-state index contributed by atoms with van der Waals surface area (Å²) < 4.78 is 10.6. The zero-order chi connectivity index (χ0) is 21.8. The molecule has 158 valence electrons. The molecule has 6 nitrogen and oxygen atoms in total. The van der Waals surface area contributed by atoms with Crippen LogP contribution >= 0.6 is 11.8 Å². The Morgan fingerprint density at radius 1 is 1.13 bits per heavy atom. The number of anilines is 1. The van der Waals surface area contributed by atoms with Crippen LogP contribution in [-0.4, -0.2) is 24.5 Å². The monoisotopic (exact) mass is 434 g/mol. The molecular weight excluding hydrogens is 412 g/mol. The van der Waals surface area contributed by atoms with Gasteiger partial charge in [0.1, 0.15) is 11.5 Å². The summed E-state index contributed by atoms with van der Waals surface area (Å²) >= 11 is 1.41. The quantitative estimate of drug-likeness (QED) is 0.425. The number of thioether (sulfide) groups is 1. The van der Waals surface area contributed by atoms with Gasteiger partial charge in [-0.05, 0) is 48.4 Å². The molecule has 2 aromatic carbocycles. The summed E-state index contributed by atoms with van der Waals surface area (Å²) in [7, 11) is 1.35. The third-order valence-electron chi connectivity index (χ3n) is 4.88. The van der Waals surface area contributed by atoms with E-state index >= 15 is 0 Å². The predicted molar refractivity (Wildman–Crippen MR) is 122 cm³/mol. The highest BCUT2D eigenvalue weighted by Gasteiger charge is 2.27. The summed E-state index contributed by atoms with van der Waals surface area (Å²) in [5.41, 5.74) is 3.28. The molecule has 1 aliphatic rings. The molecule has 2 N–H and O–H groups in total. The summed E-state index contributed by atoms with van der Waals surface area (Å²) in [6, 6.07) is 18.8. The van der Waals surface area contributed by atoms with Gasteiger partial charge in [-0.15, -0.1) is 0 Å². The molecule has 0 unspecified atom stereocenters. The van der Waals surface area contributed by atoms with Crippen molar-refractivity contribution in [1.82, 2.24) is 5.32 Å². The second-order valence-corrected chi connectivity index (χ2v) is 8.09. The van der Waals surface area contributed by atoms with E-state index < -0.39 is 0 Å². The molecule has 1 amide bonds. The van der Waals surface area contributed by atoms with E-state index in [9.17, 15) is 9.59 Å². The number of methoxy groups -OCH3 is 1. The van der Waals surface area contributed by atoms with Crippen LogP contribution in [0.15, 0.2) is 70.0 Å². The van der Waals surface area contributed by atoms with Gasteiger partial charge in [-0.25, -0.2) is 4.79 Å². The van der Waals surface area contributed by atoms with Gasteiger partial charge in [0.25, 0.3) is 5.91 Å². The smallest absolute Gasteiger partial charge is 0.337 e. The number of carbonyl (C=O) groups excluding carboxylic acids is 2. The highest BCUT2D eigenvalue weighted by Crippen LogP contribution is 2.32. The van der Waals surface area contributed by atoms with Crippen molar-refractivity contribution in [3.63, 3.8) is 0 Å². The number of furan rings is 1. The molecule has 3 aromatic rings. The number of nitrogens with one attached hydrogen (secondary N) is 2. The van der Waals surface area contributed by atoms with Crippen molar-refractivity contribution < 1.29 is 18.7 Å². The van der Waals surface area contributed by atoms with Crippen molar-refractivity contribution in [3.8, 4) is 11.3 Å². The molecule has 0 aliphatic carbocycles. The fourth-order valence-corrected chi connectivity index (χ4v) is 4.12. The number of carbonyl (C=O) groups is 2. The average Bonchev–Trinajstić information content (AvgIpc) is 3.40. The maximum absolute atomic E-state index is 12.4. The van der Waals surface area contributed by atoms with Crippen molar-refractivity contribution in [2.45, 2.75) is 18.8 Å². The van der Waals surface area contributed by atoms with E-state index in [-0.39, 0.29) is 17.4 Å². The molecule has 2 heterocycles. The number of rotatable bonds is 6. The summed E-state index contributed by atoms with van der Waals surface area (Å²) in [5.74, 6) is 0.702. The second kappa shape index (κ2) is 9.14. The molecule has 31 heavy (non-hydrogen) atoms. The Balaban J connectivity index is 1.43. The van der Waals surface area contributed by atoms with E-state index in [1.807, 2.05) is 24.3 Å². The van der Waals surface area contributed by atoms with E-state index in [4.69, 9.17) is 9.15 Å². The SMILES string of the molecule is CCc1ccc(N[C@@H]2NC(=O)/C(=C/c3ccc(-c4ccc(C(=O)OC)cc4)o3)S2)cc1. The highest BCUT2D eigenvalue weighted by molar-refractivity contribution is 8.05. The summed E-state index contributed by atoms with van der Waals surface area (Å²) in [6.07, 6.45) is 2.72. The van der Waals surface area contributed by atoms with Gasteiger partial charge in [0.05, 0.1) is 17.6 Å². The van der Waals surface area contributed by atoms with Crippen LogP contribution in [0.4, 0.5) is 5.69 Å². The van der Waals surface area contributed by atoms with Crippen molar-refractivity contribution in [2.75, 3.05) is 12.4 Å². The summed E-state index contributed by atoms with van der Waals surface area (Å²) in [5, 5.41) is 6.23. The molecule has 4 rings (SSSR count). The lowest BCUT2D eigenvalue weighted by atomic mass is 10.1. The topological polar surface area (TPSA) is 80.6 Å². The minimum atomic E-state index is -0.384. The molecule has 7 heteroatoms. The van der Waals surface area contributed by atoms with Crippen LogP contribution in [0, 0.1) is 0 Å². The van der Waals surface area contributed by atoms with Crippen LogP contribution in [-0.2, 0) is 16.0 Å². The van der Waals surface area contributed by atoms with E-state index in [1.165, 1.54) is 24.4 Å². The fraction of sp³-hybridized carbons (Fsp3) is 0.167. The Hall–Kier alpha value is -3.45. The first-order chi connectivity index (χ1) is 15.1. The molecule has 0 spiro atoms. The zero-order valence-corrected chi connectivity index (χ0v) is 18.0. The Labute approximate surface area is 184 Å². The lowest BCUT2D eigenvalue weighted by molar-refractivity contribution is -0.116. The minimum absolute atomic E-state index is 0.145. The van der Waals surface area contributed by atoms with Gasteiger partial charge in [0, 0.05) is 17.3 Å². The van der Waals surface area contributed by atoms with E-state index in [0.717, 1.165) is 17.7 Å². The number of ether oxygens (including phenoxy) is 1. The highest BCUT2D eigenvalue weighted by atomic mass is 32.2. The Morgan fingerprint density at radius 2 is 1.87 bits per heavy atom. The normalized spacial score (nSPS) is 16.9. The van der Waals surface area contributed by atoms with Gasteiger partial charge in [-0.1, -0.05) is 43.0 Å². The number of aryl methyl sites for hydroxylation is 1. The van der Waals surface area contributed by atoms with Crippen molar-refractivity contribution in [1.29, 1.82) is 0 Å². The van der Waals surface area contributed by atoms with Gasteiger partial charge in [0.15, 0.2) is 5.50 Å². The number of hydrogen-bond donors (Lipinski definition) is 2. The molecular formula is C24H22N2O4S. The standard InChI is InChI=1S/C24H22N2O4S/c1-3-15-4-10-18(11-5-15)25-24-26-22(27)21(31-24)14-19-12-13-20(30-19)16-6-8-17(9-7-16)23(28)29-2/h4-14,24-25H,3H2,1-2H3,(H,26,27)/b21-14-/t24-/m1/s1. The Morgan fingerprint density at radius 3 is 2.55 bits per heavy atom. The molecule has 1 fully saturated rings. The lowest BCUT2D eigenvalue weighted by Gasteiger charge is -2.12. The minimum Gasteiger partial charge on any atom is -0.465 e. The maximum atomic E-state index is 12.4. The number of esters is 1. The molecule has 0 radical (unpaired) electrons. The van der Waals surface area contributed by atoms with Crippen molar-refractivity contribution in [2.24, 2.45) is 0 Å². The van der Waals surface area contributed by atoms with E-state index in [0.29, 0.717) is 22.0 Å². The Kier molecular flexibility index (Phi) is 6.13. The molecule has 0 bridgehead atoms. The van der Waals surface area contributed by atoms with Crippen LogP contribution in [0.2, 0.25) is 0 Å². The molecule has 1 aliphatic heterocycles. The molecule has 1 saturated heterocycles. The summed E-state index contributed by atoms with van der Waals surface area (Å²) in [6.45, 7) is 2.12. The van der Waals surface area contributed by atoms with Gasteiger partial charge < -0.3 is 19.8 Å². The average molecular weight is 435 g/mol. The first-order valence-corrected chi connectivity index (χ1v) is 10.8. The first kappa shape index (κ1) is 20.8. The zero-order valence-electron chi connectivity index (χ0n) is 17.2. The van der Waals surface area contributed by atoms with Crippen LogP contribution in [0.3, 0.4) is 0 Å². The van der Waals surface area contributed by atoms with Crippen LogP contribution in [0.5, 0.6) is 0 Å². The van der Waals surface area contributed by atoms with E-state index in [1.54, 1.807) is 30.3 Å². The maximum Gasteiger partial charge on any atom is 0.337 e. The largest absolute Gasteiger partial charge is 0.465 e. The third-order valence-corrected chi connectivity index (χ3v) is 5.91. The van der Waals surface area contributed by atoms with Crippen molar-refractivity contribution >= 4 is 35.4 Å². The first-order valence-electron chi connectivity index (χ1n) is 9.89. The van der Waals surface area contributed by atoms with Crippen LogP contribution in [0.25, 0.3) is 17.4 Å². The molecule has 1 atom stereocenters. The van der Waals surface area contributed by atoms with E-state index in [2.05, 4.69) is 29.7 Å². The van der Waals surface area contributed by atoms with Crippen molar-refractivity contribution in [3.05, 3.63) is 82.5 Å². The number of benzene rings is 2. The fourth-order valence-electron chi connectivity index (χ4n) is 3.16. The van der Waals surface area contributed by atoms with Gasteiger partial charge >= 0.3 is 5.97 Å². The Bertz CT molecular complexity index is 1120. The third kappa shape index (κ3) is 4.83. The molecule has 1 aromatic heterocycles. The van der Waals surface area contributed by atoms with Gasteiger partial charge in [-0.2, -0.15) is 0 Å². The van der Waals surface area contributed by atoms with Gasteiger partial charge in [-0.3, -0.25) is 4.79 Å². The van der Waals surface area contributed by atoms with Gasteiger partial charge in [0.2, 0.25) is 0 Å². The molecule has 0 saturated carbocycles. The second-order valence-electron chi connectivity index (χ2n) is 6.95. The predicted octanol–water partition coefficient (Wildman–Crippen LogP) is 4.90.